The van der Waals surface area contributed by atoms with Crippen molar-refractivity contribution in [1.82, 2.24) is 5.32 Å². The van der Waals surface area contributed by atoms with Crippen molar-refractivity contribution in [2.75, 3.05) is 18.9 Å². The van der Waals surface area contributed by atoms with Crippen LogP contribution in [0.5, 0.6) is 5.75 Å². The molecule has 2 aromatic carbocycles. The molecule has 0 aliphatic carbocycles. The largest absolute Gasteiger partial charge is 0.492 e. The van der Waals surface area contributed by atoms with Gasteiger partial charge in [0, 0.05) is 17.1 Å². The van der Waals surface area contributed by atoms with Gasteiger partial charge < -0.3 is 10.1 Å². The maximum atomic E-state index is 13.4. The van der Waals surface area contributed by atoms with Crippen LogP contribution in [0.3, 0.4) is 0 Å². The van der Waals surface area contributed by atoms with Crippen LogP contribution in [0.25, 0.3) is 0 Å². The third kappa shape index (κ3) is 6.32. The summed E-state index contributed by atoms with van der Waals surface area (Å²) in [6.45, 7) is 2.88. The van der Waals surface area contributed by atoms with Crippen molar-refractivity contribution < 1.29 is 13.9 Å². The number of carbonyl (C=O) groups excluding carboxylic acids is 1. The molecular weight excluding hydrogens is 313 g/mol. The molecular formula is C18H20FNO2S. The summed E-state index contributed by atoms with van der Waals surface area (Å²) >= 11 is 1.35. The van der Waals surface area contributed by atoms with Gasteiger partial charge in [-0.2, -0.15) is 0 Å². The first kappa shape index (κ1) is 17.3. The molecule has 0 saturated carbocycles. The first-order chi connectivity index (χ1) is 11.1. The van der Waals surface area contributed by atoms with Gasteiger partial charge in [0.1, 0.15) is 18.2 Å². The molecule has 2 aromatic rings. The summed E-state index contributed by atoms with van der Waals surface area (Å²) < 4.78 is 19.0. The standard InChI is InChI=1S/C18H20FNO2S/c1-14-5-4-6-15(13-14)22-11-10-20-18(21)9-12-23-17-8-3-2-7-16(17)19/h2-8,13H,9-12H2,1H3,(H,20,21). The predicted molar refractivity (Wildman–Crippen MR) is 91.4 cm³/mol. The number of carbonyl (C=O) groups is 1. The Labute approximate surface area is 140 Å². The highest BCUT2D eigenvalue weighted by Crippen LogP contribution is 2.21. The summed E-state index contributed by atoms with van der Waals surface area (Å²) in [5.74, 6) is 1.05. The molecule has 0 heterocycles. The molecule has 1 amide bonds. The van der Waals surface area contributed by atoms with Gasteiger partial charge in [0.15, 0.2) is 0 Å². The lowest BCUT2D eigenvalue weighted by Gasteiger charge is -2.08. The number of hydrogen-bond acceptors (Lipinski definition) is 3. The third-order valence-corrected chi connectivity index (χ3v) is 4.16. The third-order valence-electron chi connectivity index (χ3n) is 3.11. The average molecular weight is 333 g/mol. The number of rotatable bonds is 8. The number of nitrogens with one attached hydrogen (secondary N) is 1. The Morgan fingerprint density at radius 3 is 2.83 bits per heavy atom. The van der Waals surface area contributed by atoms with E-state index >= 15 is 0 Å². The normalized spacial score (nSPS) is 10.3. The van der Waals surface area contributed by atoms with Crippen LogP contribution in [0.15, 0.2) is 53.4 Å². The van der Waals surface area contributed by atoms with Gasteiger partial charge in [-0.1, -0.05) is 24.3 Å². The van der Waals surface area contributed by atoms with Crippen LogP contribution in [-0.4, -0.2) is 24.8 Å². The highest BCUT2D eigenvalue weighted by molar-refractivity contribution is 7.99. The summed E-state index contributed by atoms with van der Waals surface area (Å²) in [4.78, 5) is 12.3. The van der Waals surface area contributed by atoms with Crippen LogP contribution in [-0.2, 0) is 4.79 Å². The Morgan fingerprint density at radius 1 is 1.22 bits per heavy atom. The maximum Gasteiger partial charge on any atom is 0.220 e. The zero-order chi connectivity index (χ0) is 16.5. The average Bonchev–Trinajstić information content (AvgIpc) is 2.53. The second-order valence-corrected chi connectivity index (χ2v) is 6.18. The molecule has 23 heavy (non-hydrogen) atoms. The summed E-state index contributed by atoms with van der Waals surface area (Å²) in [6.07, 6.45) is 0.351. The van der Waals surface area contributed by atoms with E-state index in [0.717, 1.165) is 11.3 Å². The van der Waals surface area contributed by atoms with E-state index in [1.165, 1.54) is 17.8 Å². The highest BCUT2D eigenvalue weighted by Gasteiger charge is 2.04. The number of ether oxygens (including phenoxy) is 1. The van der Waals surface area contributed by atoms with Gasteiger partial charge in [0.25, 0.3) is 0 Å². The van der Waals surface area contributed by atoms with Crippen LogP contribution in [0, 0.1) is 12.7 Å². The SMILES string of the molecule is Cc1cccc(OCCNC(=O)CCSc2ccccc2F)c1. The predicted octanol–water partition coefficient (Wildman–Crippen LogP) is 3.81. The zero-order valence-electron chi connectivity index (χ0n) is 13.0. The van der Waals surface area contributed by atoms with E-state index in [2.05, 4.69) is 5.32 Å². The van der Waals surface area contributed by atoms with Gasteiger partial charge >= 0.3 is 0 Å². The van der Waals surface area contributed by atoms with Crippen molar-refractivity contribution in [2.45, 2.75) is 18.2 Å². The number of halogens is 1. The van der Waals surface area contributed by atoms with Crippen molar-refractivity contribution in [3.8, 4) is 5.75 Å². The van der Waals surface area contributed by atoms with Gasteiger partial charge in [-0.3, -0.25) is 4.79 Å². The van der Waals surface area contributed by atoms with Crippen molar-refractivity contribution in [2.24, 2.45) is 0 Å². The number of aryl methyl sites for hydroxylation is 1. The molecule has 0 spiro atoms. The molecule has 0 aliphatic rings. The van der Waals surface area contributed by atoms with Crippen LogP contribution >= 0.6 is 11.8 Å². The Bertz CT molecular complexity index is 648. The second kappa shape index (κ2) is 9.20. The summed E-state index contributed by atoms with van der Waals surface area (Å²) in [7, 11) is 0. The van der Waals surface area contributed by atoms with Gasteiger partial charge in [-0.15, -0.1) is 11.8 Å². The highest BCUT2D eigenvalue weighted by atomic mass is 32.2. The summed E-state index contributed by atoms with van der Waals surface area (Å²) in [5, 5.41) is 2.80. The lowest BCUT2D eigenvalue weighted by atomic mass is 10.2. The van der Waals surface area contributed by atoms with Gasteiger partial charge in [0.05, 0.1) is 6.54 Å². The van der Waals surface area contributed by atoms with E-state index in [9.17, 15) is 9.18 Å². The van der Waals surface area contributed by atoms with Crippen molar-refractivity contribution >= 4 is 17.7 Å². The zero-order valence-corrected chi connectivity index (χ0v) is 13.9. The molecule has 1 N–H and O–H groups in total. The number of amides is 1. The fourth-order valence-electron chi connectivity index (χ4n) is 1.97. The Kier molecular flexibility index (Phi) is 6.94. The minimum atomic E-state index is -0.246. The molecule has 3 nitrogen and oxygen atoms in total. The minimum Gasteiger partial charge on any atom is -0.492 e. The van der Waals surface area contributed by atoms with Gasteiger partial charge in [-0.05, 0) is 36.8 Å². The summed E-state index contributed by atoms with van der Waals surface area (Å²) in [6, 6.07) is 14.4. The maximum absolute atomic E-state index is 13.4. The fourth-order valence-corrected chi connectivity index (χ4v) is 2.86. The van der Waals surface area contributed by atoms with Crippen LogP contribution in [0.4, 0.5) is 4.39 Å². The molecule has 0 aromatic heterocycles. The quantitative estimate of drug-likeness (QED) is 0.590. The molecule has 0 unspecified atom stereocenters. The lowest BCUT2D eigenvalue weighted by molar-refractivity contribution is -0.120. The Balaban J connectivity index is 1.59. The van der Waals surface area contributed by atoms with Gasteiger partial charge in [0.2, 0.25) is 5.91 Å². The number of hydrogen-bond donors (Lipinski definition) is 1. The molecule has 122 valence electrons. The molecule has 0 aliphatic heterocycles. The van der Waals surface area contributed by atoms with Gasteiger partial charge in [-0.25, -0.2) is 4.39 Å². The fraction of sp³-hybridized carbons (Fsp3) is 0.278. The van der Waals surface area contributed by atoms with E-state index in [0.29, 0.717) is 30.2 Å². The van der Waals surface area contributed by atoms with E-state index in [1.54, 1.807) is 18.2 Å². The van der Waals surface area contributed by atoms with E-state index in [-0.39, 0.29) is 11.7 Å². The smallest absolute Gasteiger partial charge is 0.220 e. The number of benzene rings is 2. The number of thioether (sulfide) groups is 1. The molecule has 0 fully saturated rings. The van der Waals surface area contributed by atoms with Crippen molar-refractivity contribution in [3.05, 3.63) is 59.9 Å². The first-order valence-electron chi connectivity index (χ1n) is 7.48. The molecule has 5 heteroatoms. The Morgan fingerprint density at radius 2 is 2.04 bits per heavy atom. The molecule has 0 bridgehead atoms. The van der Waals surface area contributed by atoms with E-state index < -0.39 is 0 Å². The van der Waals surface area contributed by atoms with Crippen molar-refractivity contribution in [3.63, 3.8) is 0 Å². The molecule has 0 atom stereocenters. The van der Waals surface area contributed by atoms with Crippen molar-refractivity contribution in [1.29, 1.82) is 0 Å². The molecule has 0 radical (unpaired) electrons. The minimum absolute atomic E-state index is 0.0540. The first-order valence-corrected chi connectivity index (χ1v) is 8.47. The van der Waals surface area contributed by atoms with Crippen LogP contribution in [0.1, 0.15) is 12.0 Å². The topological polar surface area (TPSA) is 38.3 Å². The molecule has 2 rings (SSSR count). The van der Waals surface area contributed by atoms with E-state index in [1.807, 2.05) is 31.2 Å². The van der Waals surface area contributed by atoms with Crippen LogP contribution < -0.4 is 10.1 Å². The van der Waals surface area contributed by atoms with Crippen LogP contribution in [0.2, 0.25) is 0 Å². The summed E-state index contributed by atoms with van der Waals surface area (Å²) in [5.41, 5.74) is 1.14. The van der Waals surface area contributed by atoms with E-state index in [4.69, 9.17) is 4.74 Å². The second-order valence-electron chi connectivity index (χ2n) is 5.04. The Hall–Kier alpha value is -2.01. The molecule has 0 saturated heterocycles. The monoisotopic (exact) mass is 333 g/mol. The lowest BCUT2D eigenvalue weighted by Crippen LogP contribution is -2.28.